The number of hydrogen-bond donors (Lipinski definition) is 1. The van der Waals surface area contributed by atoms with Gasteiger partial charge >= 0.3 is 5.97 Å². The van der Waals surface area contributed by atoms with Crippen molar-refractivity contribution in [3.63, 3.8) is 0 Å². The highest BCUT2D eigenvalue weighted by Gasteiger charge is 2.15. The molecule has 1 aromatic carbocycles. The van der Waals surface area contributed by atoms with E-state index in [-0.39, 0.29) is 0 Å². The summed E-state index contributed by atoms with van der Waals surface area (Å²) in [6.07, 6.45) is 0. The van der Waals surface area contributed by atoms with Gasteiger partial charge in [0.15, 0.2) is 10.8 Å². The number of aryl methyl sites for hydroxylation is 1. The number of thiazole rings is 1. The standard InChI is InChI=1S/C12H10Cl2N2O2S/c1-6-10(11(17)18-2)16-12(19-6)15-9-4-7(13)3-8(14)5-9/h3-5H,1-2H3,(H,15,16). The zero-order valence-electron chi connectivity index (χ0n) is 10.2. The Labute approximate surface area is 124 Å². The summed E-state index contributed by atoms with van der Waals surface area (Å²) >= 11 is 13.2. The molecule has 1 N–H and O–H groups in total. The molecule has 100 valence electrons. The number of carbonyl (C=O) groups excluding carboxylic acids is 1. The molecule has 0 fully saturated rings. The maximum atomic E-state index is 11.5. The lowest BCUT2D eigenvalue weighted by atomic mass is 10.3. The molecule has 0 amide bonds. The lowest BCUT2D eigenvalue weighted by molar-refractivity contribution is 0.0594. The molecule has 0 aliphatic heterocycles. The number of hydrogen-bond acceptors (Lipinski definition) is 5. The summed E-state index contributed by atoms with van der Waals surface area (Å²) < 4.78 is 4.65. The third-order valence-corrected chi connectivity index (χ3v) is 3.61. The van der Waals surface area contributed by atoms with Crippen molar-refractivity contribution in [1.82, 2.24) is 4.98 Å². The number of halogens is 2. The zero-order valence-corrected chi connectivity index (χ0v) is 12.5. The molecule has 0 radical (unpaired) electrons. The number of anilines is 2. The fourth-order valence-electron chi connectivity index (χ4n) is 1.49. The van der Waals surface area contributed by atoms with Gasteiger partial charge in [-0.2, -0.15) is 0 Å². The van der Waals surface area contributed by atoms with Crippen molar-refractivity contribution < 1.29 is 9.53 Å². The first-order valence-corrected chi connectivity index (χ1v) is 6.85. The number of carbonyl (C=O) groups is 1. The molecule has 7 heteroatoms. The van der Waals surface area contributed by atoms with Crippen LogP contribution in [0.4, 0.5) is 10.8 Å². The number of methoxy groups -OCH3 is 1. The van der Waals surface area contributed by atoms with Gasteiger partial charge in [0.1, 0.15) is 0 Å². The summed E-state index contributed by atoms with van der Waals surface area (Å²) in [5, 5.41) is 4.69. The first-order valence-electron chi connectivity index (χ1n) is 5.28. The smallest absolute Gasteiger partial charge is 0.357 e. The number of esters is 1. The van der Waals surface area contributed by atoms with E-state index in [0.29, 0.717) is 26.6 Å². The Bertz CT molecular complexity index is 608. The van der Waals surface area contributed by atoms with E-state index < -0.39 is 5.97 Å². The van der Waals surface area contributed by atoms with Crippen molar-refractivity contribution in [2.75, 3.05) is 12.4 Å². The molecule has 0 atom stereocenters. The van der Waals surface area contributed by atoms with Gasteiger partial charge in [-0.1, -0.05) is 23.2 Å². The van der Waals surface area contributed by atoms with Crippen LogP contribution in [0.3, 0.4) is 0 Å². The monoisotopic (exact) mass is 316 g/mol. The molecule has 0 aliphatic carbocycles. The highest BCUT2D eigenvalue weighted by Crippen LogP contribution is 2.29. The van der Waals surface area contributed by atoms with Crippen molar-refractivity contribution in [2.24, 2.45) is 0 Å². The number of aromatic nitrogens is 1. The van der Waals surface area contributed by atoms with Gasteiger partial charge in [-0.15, -0.1) is 11.3 Å². The van der Waals surface area contributed by atoms with Crippen LogP contribution in [0.15, 0.2) is 18.2 Å². The average molecular weight is 317 g/mol. The third kappa shape index (κ3) is 3.37. The van der Waals surface area contributed by atoms with Crippen LogP contribution >= 0.6 is 34.5 Å². The minimum Gasteiger partial charge on any atom is -0.464 e. The molecule has 1 heterocycles. The Morgan fingerprint density at radius 1 is 1.32 bits per heavy atom. The highest BCUT2D eigenvalue weighted by molar-refractivity contribution is 7.15. The molecule has 4 nitrogen and oxygen atoms in total. The van der Waals surface area contributed by atoms with Gasteiger partial charge in [-0.3, -0.25) is 0 Å². The lowest BCUT2D eigenvalue weighted by Crippen LogP contribution is -2.03. The van der Waals surface area contributed by atoms with Gasteiger partial charge in [0.25, 0.3) is 0 Å². The van der Waals surface area contributed by atoms with E-state index in [1.807, 2.05) is 0 Å². The Kier molecular flexibility index (Phi) is 4.29. The maximum absolute atomic E-state index is 11.5. The molecule has 0 unspecified atom stereocenters. The van der Waals surface area contributed by atoms with Gasteiger partial charge in [-0.25, -0.2) is 9.78 Å². The van der Waals surface area contributed by atoms with E-state index in [0.717, 1.165) is 4.88 Å². The molecule has 0 saturated carbocycles. The predicted octanol–water partition coefficient (Wildman–Crippen LogP) is 4.29. The van der Waals surface area contributed by atoms with Gasteiger partial charge in [0.05, 0.1) is 7.11 Å². The van der Waals surface area contributed by atoms with Gasteiger partial charge in [-0.05, 0) is 25.1 Å². The summed E-state index contributed by atoms with van der Waals surface area (Å²) in [6, 6.07) is 5.09. The van der Waals surface area contributed by atoms with E-state index in [1.54, 1.807) is 25.1 Å². The minimum absolute atomic E-state index is 0.308. The van der Waals surface area contributed by atoms with Gasteiger partial charge < -0.3 is 10.1 Å². The summed E-state index contributed by atoms with van der Waals surface area (Å²) in [7, 11) is 1.32. The topological polar surface area (TPSA) is 51.2 Å². The van der Waals surface area contributed by atoms with E-state index in [4.69, 9.17) is 23.2 Å². The van der Waals surface area contributed by atoms with Crippen LogP contribution in [-0.2, 0) is 4.74 Å². The Balaban J connectivity index is 2.26. The fraction of sp³-hybridized carbons (Fsp3) is 0.167. The number of nitrogens with one attached hydrogen (secondary N) is 1. The van der Waals surface area contributed by atoms with Crippen LogP contribution in [-0.4, -0.2) is 18.1 Å². The SMILES string of the molecule is COC(=O)c1nc(Nc2cc(Cl)cc(Cl)c2)sc1C. The Morgan fingerprint density at radius 3 is 2.53 bits per heavy atom. The van der Waals surface area contributed by atoms with Crippen molar-refractivity contribution in [2.45, 2.75) is 6.92 Å². The van der Waals surface area contributed by atoms with Crippen molar-refractivity contribution in [1.29, 1.82) is 0 Å². The largest absolute Gasteiger partial charge is 0.464 e. The minimum atomic E-state index is -0.453. The molecule has 2 rings (SSSR count). The molecule has 0 saturated heterocycles. The molecular formula is C12H10Cl2N2O2S. The fourth-order valence-corrected chi connectivity index (χ4v) is 2.83. The van der Waals surface area contributed by atoms with Crippen LogP contribution in [0.5, 0.6) is 0 Å². The molecule has 1 aromatic heterocycles. The van der Waals surface area contributed by atoms with E-state index in [1.165, 1.54) is 18.4 Å². The van der Waals surface area contributed by atoms with E-state index in [2.05, 4.69) is 15.0 Å². The number of ether oxygens (including phenoxy) is 1. The van der Waals surface area contributed by atoms with Crippen LogP contribution in [0.25, 0.3) is 0 Å². The van der Waals surface area contributed by atoms with Crippen molar-refractivity contribution in [3.05, 3.63) is 38.8 Å². The molecule has 19 heavy (non-hydrogen) atoms. The lowest BCUT2D eigenvalue weighted by Gasteiger charge is -2.03. The second kappa shape index (κ2) is 5.77. The van der Waals surface area contributed by atoms with E-state index >= 15 is 0 Å². The Hall–Kier alpha value is -1.30. The molecule has 0 spiro atoms. The third-order valence-electron chi connectivity index (χ3n) is 2.29. The van der Waals surface area contributed by atoms with E-state index in [9.17, 15) is 4.79 Å². The first kappa shape index (κ1) is 14.1. The summed E-state index contributed by atoms with van der Waals surface area (Å²) in [4.78, 5) is 16.4. The molecular weight excluding hydrogens is 307 g/mol. The van der Waals surface area contributed by atoms with Crippen LogP contribution in [0.1, 0.15) is 15.4 Å². The van der Waals surface area contributed by atoms with Gasteiger partial charge in [0, 0.05) is 20.6 Å². The predicted molar refractivity (Wildman–Crippen MR) is 77.9 cm³/mol. The van der Waals surface area contributed by atoms with Crippen LogP contribution < -0.4 is 5.32 Å². The van der Waals surface area contributed by atoms with Crippen molar-refractivity contribution in [3.8, 4) is 0 Å². The summed E-state index contributed by atoms with van der Waals surface area (Å²) in [6.45, 7) is 1.81. The highest BCUT2D eigenvalue weighted by atomic mass is 35.5. The van der Waals surface area contributed by atoms with Crippen LogP contribution in [0.2, 0.25) is 10.0 Å². The summed E-state index contributed by atoms with van der Waals surface area (Å²) in [5.41, 5.74) is 1.02. The van der Waals surface area contributed by atoms with Crippen molar-refractivity contribution >= 4 is 51.3 Å². The second-order valence-electron chi connectivity index (χ2n) is 3.70. The molecule has 0 bridgehead atoms. The number of benzene rings is 1. The first-order chi connectivity index (χ1) is 8.99. The molecule has 0 aliphatic rings. The Morgan fingerprint density at radius 2 is 1.95 bits per heavy atom. The zero-order chi connectivity index (χ0) is 14.0. The summed E-state index contributed by atoms with van der Waals surface area (Å²) in [5.74, 6) is -0.453. The number of rotatable bonds is 3. The second-order valence-corrected chi connectivity index (χ2v) is 5.77. The van der Waals surface area contributed by atoms with Gasteiger partial charge in [0.2, 0.25) is 0 Å². The quantitative estimate of drug-likeness (QED) is 0.858. The molecule has 2 aromatic rings. The number of nitrogens with zero attached hydrogens (tertiary/aromatic N) is 1. The maximum Gasteiger partial charge on any atom is 0.357 e. The normalized spacial score (nSPS) is 10.3. The average Bonchev–Trinajstić information content (AvgIpc) is 2.68. The van der Waals surface area contributed by atoms with Crippen LogP contribution in [0, 0.1) is 6.92 Å².